The topological polar surface area (TPSA) is 67.8 Å². The van der Waals surface area contributed by atoms with Crippen molar-refractivity contribution in [3.05, 3.63) is 81.5 Å². The number of aliphatic hydroxyl groups is 1. The lowest BCUT2D eigenvalue weighted by molar-refractivity contribution is -0.150. The van der Waals surface area contributed by atoms with Gasteiger partial charge in [-0.25, -0.2) is 0 Å². The van der Waals surface area contributed by atoms with Crippen molar-refractivity contribution in [1.29, 1.82) is 0 Å². The molecule has 3 rings (SSSR count). The van der Waals surface area contributed by atoms with E-state index in [1.807, 2.05) is 54.6 Å². The summed E-state index contributed by atoms with van der Waals surface area (Å²) in [5, 5.41) is 11.8. The molecular formula is C23H22BrNO4. The third-order valence-corrected chi connectivity index (χ3v) is 5.10. The van der Waals surface area contributed by atoms with Crippen molar-refractivity contribution in [3.63, 3.8) is 0 Å². The molecule has 29 heavy (non-hydrogen) atoms. The summed E-state index contributed by atoms with van der Waals surface area (Å²) >= 11 is 3.44. The summed E-state index contributed by atoms with van der Waals surface area (Å²) in [5.41, 5.74) is 2.87. The van der Waals surface area contributed by atoms with Crippen LogP contribution in [0.4, 0.5) is 0 Å². The molecule has 1 aliphatic rings. The molecule has 0 aliphatic carbocycles. The predicted octanol–water partition coefficient (Wildman–Crippen LogP) is 3.62. The first-order chi connectivity index (χ1) is 14.1. The Kier molecular flexibility index (Phi) is 7.48. The SMILES string of the molecule is C#CCNC(=O)C1=C[C@H](c2ccc(Br)cc2)C[C@H](OCc2ccc(CO)cc2)O1. The third kappa shape index (κ3) is 5.94. The Bertz CT molecular complexity index is 900. The molecule has 0 aromatic heterocycles. The van der Waals surface area contributed by atoms with Gasteiger partial charge in [0, 0.05) is 16.8 Å². The number of amides is 1. The van der Waals surface area contributed by atoms with Gasteiger partial charge in [0.25, 0.3) is 5.91 Å². The highest BCUT2D eigenvalue weighted by atomic mass is 79.9. The summed E-state index contributed by atoms with van der Waals surface area (Å²) in [5.74, 6) is 2.21. The van der Waals surface area contributed by atoms with Crippen LogP contribution in [0.15, 0.2) is 64.8 Å². The molecule has 1 aliphatic heterocycles. The Morgan fingerprint density at radius 2 is 1.90 bits per heavy atom. The van der Waals surface area contributed by atoms with Gasteiger partial charge >= 0.3 is 0 Å². The van der Waals surface area contributed by atoms with E-state index in [-0.39, 0.29) is 30.7 Å². The van der Waals surface area contributed by atoms with Gasteiger partial charge in [-0.2, -0.15) is 0 Å². The summed E-state index contributed by atoms with van der Waals surface area (Å²) in [6.45, 7) is 0.469. The molecule has 1 heterocycles. The van der Waals surface area contributed by atoms with Gasteiger partial charge in [0.2, 0.25) is 6.29 Å². The van der Waals surface area contributed by atoms with E-state index in [1.54, 1.807) is 0 Å². The fourth-order valence-corrected chi connectivity index (χ4v) is 3.27. The second-order valence-corrected chi connectivity index (χ2v) is 7.56. The highest BCUT2D eigenvalue weighted by molar-refractivity contribution is 9.10. The van der Waals surface area contributed by atoms with Crippen LogP contribution < -0.4 is 5.32 Å². The quantitative estimate of drug-likeness (QED) is 0.625. The van der Waals surface area contributed by atoms with E-state index in [1.165, 1.54) is 0 Å². The largest absolute Gasteiger partial charge is 0.459 e. The summed E-state index contributed by atoms with van der Waals surface area (Å²) in [4.78, 5) is 12.4. The minimum Gasteiger partial charge on any atom is -0.459 e. The molecule has 0 bridgehead atoms. The van der Waals surface area contributed by atoms with Crippen molar-refractivity contribution in [1.82, 2.24) is 5.32 Å². The highest BCUT2D eigenvalue weighted by Crippen LogP contribution is 2.32. The smallest absolute Gasteiger partial charge is 0.286 e. The molecule has 150 valence electrons. The maximum atomic E-state index is 12.4. The fraction of sp³-hybridized carbons (Fsp3) is 0.261. The van der Waals surface area contributed by atoms with Crippen molar-refractivity contribution in [2.45, 2.75) is 31.8 Å². The van der Waals surface area contributed by atoms with Crippen molar-refractivity contribution in [2.24, 2.45) is 0 Å². The Hall–Kier alpha value is -2.59. The van der Waals surface area contributed by atoms with Crippen LogP contribution in [-0.4, -0.2) is 23.8 Å². The zero-order valence-electron chi connectivity index (χ0n) is 15.8. The molecule has 2 aromatic carbocycles. The fourth-order valence-electron chi connectivity index (χ4n) is 3.01. The van der Waals surface area contributed by atoms with Gasteiger partial charge in [-0.05, 0) is 34.9 Å². The van der Waals surface area contributed by atoms with E-state index in [4.69, 9.17) is 21.0 Å². The number of hydrogen-bond acceptors (Lipinski definition) is 4. The molecule has 6 heteroatoms. The Labute approximate surface area is 178 Å². The van der Waals surface area contributed by atoms with Gasteiger partial charge in [0.15, 0.2) is 5.76 Å². The van der Waals surface area contributed by atoms with E-state index in [9.17, 15) is 4.79 Å². The molecule has 0 fully saturated rings. The normalized spacial score (nSPS) is 18.3. The minimum atomic E-state index is -0.572. The van der Waals surface area contributed by atoms with Crippen LogP contribution in [0, 0.1) is 12.3 Å². The first-order valence-electron chi connectivity index (χ1n) is 9.25. The monoisotopic (exact) mass is 455 g/mol. The van der Waals surface area contributed by atoms with Gasteiger partial charge in [0.05, 0.1) is 19.8 Å². The number of ether oxygens (including phenoxy) is 2. The second kappa shape index (κ2) is 10.3. The summed E-state index contributed by atoms with van der Waals surface area (Å²) in [7, 11) is 0. The molecule has 0 saturated carbocycles. The van der Waals surface area contributed by atoms with Crippen molar-refractivity contribution < 1.29 is 19.4 Å². The molecule has 0 saturated heterocycles. The second-order valence-electron chi connectivity index (χ2n) is 6.64. The van der Waals surface area contributed by atoms with Gasteiger partial charge in [-0.15, -0.1) is 6.42 Å². The predicted molar refractivity (Wildman–Crippen MR) is 113 cm³/mol. The van der Waals surface area contributed by atoms with Gasteiger partial charge in [-0.3, -0.25) is 4.79 Å². The van der Waals surface area contributed by atoms with Crippen molar-refractivity contribution in [2.75, 3.05) is 6.54 Å². The van der Waals surface area contributed by atoms with E-state index in [0.29, 0.717) is 13.0 Å². The van der Waals surface area contributed by atoms with E-state index < -0.39 is 6.29 Å². The Balaban J connectivity index is 1.73. The van der Waals surface area contributed by atoms with Gasteiger partial charge in [-0.1, -0.05) is 58.2 Å². The number of carbonyl (C=O) groups excluding carboxylic acids is 1. The first-order valence-corrected chi connectivity index (χ1v) is 10.0. The lowest BCUT2D eigenvalue weighted by Gasteiger charge is -2.29. The van der Waals surface area contributed by atoms with Gasteiger partial charge in [0.1, 0.15) is 0 Å². The molecule has 2 aromatic rings. The number of nitrogens with one attached hydrogen (secondary N) is 1. The number of hydrogen-bond donors (Lipinski definition) is 2. The number of halogens is 1. The first kappa shape index (κ1) is 21.1. The zero-order valence-corrected chi connectivity index (χ0v) is 17.4. The highest BCUT2D eigenvalue weighted by Gasteiger charge is 2.28. The van der Waals surface area contributed by atoms with Crippen molar-refractivity contribution >= 4 is 21.8 Å². The summed E-state index contributed by atoms with van der Waals surface area (Å²) in [6.07, 6.45) is 7.05. The van der Waals surface area contributed by atoms with Crippen LogP contribution in [0.25, 0.3) is 0 Å². The third-order valence-electron chi connectivity index (χ3n) is 4.57. The lowest BCUT2D eigenvalue weighted by Crippen LogP contribution is -2.33. The lowest BCUT2D eigenvalue weighted by atomic mass is 9.93. The molecule has 2 atom stereocenters. The van der Waals surface area contributed by atoms with Crippen LogP contribution >= 0.6 is 15.9 Å². The number of allylic oxidation sites excluding steroid dienone is 1. The number of aliphatic hydroxyl groups excluding tert-OH is 1. The van der Waals surface area contributed by atoms with Gasteiger partial charge < -0.3 is 19.9 Å². The number of rotatable bonds is 7. The van der Waals surface area contributed by atoms with Crippen LogP contribution in [0.3, 0.4) is 0 Å². The summed E-state index contributed by atoms with van der Waals surface area (Å²) in [6, 6.07) is 15.5. The molecule has 0 unspecified atom stereocenters. The van der Waals surface area contributed by atoms with Crippen LogP contribution in [0.2, 0.25) is 0 Å². The zero-order chi connectivity index (χ0) is 20.6. The molecule has 5 nitrogen and oxygen atoms in total. The standard InChI is InChI=1S/C23H22BrNO4/c1-2-11-25-23(27)21-12-19(18-7-9-20(24)10-8-18)13-22(29-21)28-15-17-5-3-16(14-26)4-6-17/h1,3-10,12,19,22,26H,11,13-15H2,(H,25,27)/t19-,22+/m0/s1. The minimum absolute atomic E-state index is 0.00265. The molecular weight excluding hydrogens is 434 g/mol. The van der Waals surface area contributed by atoms with Crippen LogP contribution in [0.1, 0.15) is 29.0 Å². The van der Waals surface area contributed by atoms with Crippen LogP contribution in [0.5, 0.6) is 0 Å². The summed E-state index contributed by atoms with van der Waals surface area (Å²) < 4.78 is 12.7. The maximum absolute atomic E-state index is 12.4. The number of benzene rings is 2. The van der Waals surface area contributed by atoms with Crippen molar-refractivity contribution in [3.8, 4) is 12.3 Å². The molecule has 0 radical (unpaired) electrons. The van der Waals surface area contributed by atoms with E-state index >= 15 is 0 Å². The van der Waals surface area contributed by atoms with E-state index in [0.717, 1.165) is 21.2 Å². The Morgan fingerprint density at radius 1 is 1.21 bits per heavy atom. The maximum Gasteiger partial charge on any atom is 0.286 e. The average Bonchev–Trinajstić information content (AvgIpc) is 2.76. The molecule has 0 spiro atoms. The van der Waals surface area contributed by atoms with Crippen LogP contribution in [-0.2, 0) is 27.5 Å². The average molecular weight is 456 g/mol. The van der Waals surface area contributed by atoms with E-state index in [2.05, 4.69) is 27.2 Å². The molecule has 1 amide bonds. The number of carbonyl (C=O) groups is 1. The molecule has 2 N–H and O–H groups in total. The Morgan fingerprint density at radius 3 is 2.55 bits per heavy atom. The number of terminal acetylenes is 1.